The summed E-state index contributed by atoms with van der Waals surface area (Å²) in [6.07, 6.45) is 0.666. The second-order valence-corrected chi connectivity index (χ2v) is 12.4. The van der Waals surface area contributed by atoms with Gasteiger partial charge in [0, 0.05) is 31.7 Å². The van der Waals surface area contributed by atoms with E-state index in [2.05, 4.69) is 23.7 Å². The lowest BCUT2D eigenvalue weighted by atomic mass is 10.0. The summed E-state index contributed by atoms with van der Waals surface area (Å²) in [4.78, 5) is 22.3. The average molecular weight is 603 g/mol. The number of hydrogen-bond acceptors (Lipinski definition) is 6. The van der Waals surface area contributed by atoms with Gasteiger partial charge >= 0.3 is 0 Å². The molecule has 11 heteroatoms. The van der Waals surface area contributed by atoms with Crippen LogP contribution in [0.4, 0.5) is 9.52 Å². The third kappa shape index (κ3) is 6.21. The van der Waals surface area contributed by atoms with Gasteiger partial charge in [-0.2, -0.15) is 4.31 Å². The van der Waals surface area contributed by atoms with E-state index in [1.54, 1.807) is 23.1 Å². The van der Waals surface area contributed by atoms with Crippen molar-refractivity contribution in [3.8, 4) is 0 Å². The first kappa shape index (κ1) is 30.1. The number of sulfonamides is 1. The first-order valence-electron chi connectivity index (χ1n) is 13.1. The van der Waals surface area contributed by atoms with Crippen LogP contribution in [-0.4, -0.2) is 61.2 Å². The van der Waals surface area contributed by atoms with Crippen molar-refractivity contribution < 1.29 is 17.6 Å². The molecule has 0 saturated carbocycles. The maximum atomic E-state index is 13.8. The van der Waals surface area contributed by atoms with E-state index in [4.69, 9.17) is 0 Å². The summed E-state index contributed by atoms with van der Waals surface area (Å²) < 4.78 is 42.7. The van der Waals surface area contributed by atoms with Crippen molar-refractivity contribution in [2.24, 2.45) is 0 Å². The van der Waals surface area contributed by atoms with E-state index in [9.17, 15) is 17.6 Å². The topological polar surface area (TPSA) is 73.8 Å². The van der Waals surface area contributed by atoms with Gasteiger partial charge in [0.2, 0.25) is 10.0 Å². The predicted molar refractivity (Wildman–Crippen MR) is 160 cm³/mol. The Labute approximate surface area is 244 Å². The molecule has 0 spiro atoms. The number of amides is 1. The number of likely N-dealkylation sites (N-methyl/N-ethyl adjacent to an activating group) is 1. The first-order valence-corrected chi connectivity index (χ1v) is 15.3. The van der Waals surface area contributed by atoms with E-state index in [0.717, 1.165) is 18.7 Å². The molecule has 4 aromatic rings. The molecule has 0 aliphatic carbocycles. The van der Waals surface area contributed by atoms with Crippen molar-refractivity contribution in [3.05, 3.63) is 89.2 Å². The summed E-state index contributed by atoms with van der Waals surface area (Å²) >= 11 is 1.26. The SMILES string of the molecule is CCN(CC)CCN(C(=O)c1ccc(S(=O)(=O)N2CCc3ccccc3C2)cc1)c1nc2ccc(F)cc2s1.Cl. The Morgan fingerprint density at radius 1 is 1.00 bits per heavy atom. The second kappa shape index (κ2) is 12.7. The van der Waals surface area contributed by atoms with Gasteiger partial charge in [0.15, 0.2) is 5.13 Å². The van der Waals surface area contributed by atoms with Crippen LogP contribution < -0.4 is 4.90 Å². The Morgan fingerprint density at radius 3 is 2.40 bits per heavy atom. The smallest absolute Gasteiger partial charge is 0.260 e. The molecule has 212 valence electrons. The number of thiazole rings is 1. The standard InChI is InChI=1S/C29H31FN4O3S2.ClH/c1-3-32(4-2)17-18-34(29-31-26-14-11-24(30)19-27(26)38-29)28(35)22-9-12-25(13-10-22)39(36,37)33-16-15-21-7-5-6-8-23(21)20-33;/h5-14,19H,3-4,15-18,20H2,1-2H3;1H. The van der Waals surface area contributed by atoms with E-state index in [-0.39, 0.29) is 29.0 Å². The lowest BCUT2D eigenvalue weighted by molar-refractivity contribution is 0.0983. The number of rotatable bonds is 9. The number of benzene rings is 3. The van der Waals surface area contributed by atoms with Gasteiger partial charge < -0.3 is 4.90 Å². The lowest BCUT2D eigenvalue weighted by Crippen LogP contribution is -2.39. The highest BCUT2D eigenvalue weighted by Crippen LogP contribution is 2.31. The van der Waals surface area contributed by atoms with E-state index in [1.807, 2.05) is 24.3 Å². The number of aromatic nitrogens is 1. The quantitative estimate of drug-likeness (QED) is 0.250. The molecule has 7 nitrogen and oxygen atoms in total. The zero-order valence-corrected chi connectivity index (χ0v) is 24.9. The number of anilines is 1. The van der Waals surface area contributed by atoms with Crippen LogP contribution >= 0.6 is 23.7 Å². The largest absolute Gasteiger partial charge is 0.302 e. The van der Waals surface area contributed by atoms with Gasteiger partial charge in [-0.05, 0) is 73.1 Å². The molecule has 40 heavy (non-hydrogen) atoms. The van der Waals surface area contributed by atoms with Crippen molar-refractivity contribution in [3.63, 3.8) is 0 Å². The molecule has 1 amide bonds. The molecule has 1 aromatic heterocycles. The molecule has 0 saturated heterocycles. The molecule has 0 atom stereocenters. The molecule has 0 radical (unpaired) electrons. The molecule has 0 unspecified atom stereocenters. The van der Waals surface area contributed by atoms with Crippen LogP contribution in [0, 0.1) is 5.82 Å². The van der Waals surface area contributed by atoms with Crippen LogP contribution in [0.3, 0.4) is 0 Å². The molecule has 0 N–H and O–H groups in total. The van der Waals surface area contributed by atoms with Crippen molar-refractivity contribution in [2.75, 3.05) is 37.6 Å². The Balaban J connectivity index is 0.00000370. The normalized spacial score (nSPS) is 13.7. The second-order valence-electron chi connectivity index (χ2n) is 9.47. The van der Waals surface area contributed by atoms with Crippen LogP contribution in [0.2, 0.25) is 0 Å². The van der Waals surface area contributed by atoms with Crippen LogP contribution in [0.1, 0.15) is 35.3 Å². The Morgan fingerprint density at radius 2 is 1.70 bits per heavy atom. The fraction of sp³-hybridized carbons (Fsp3) is 0.310. The fourth-order valence-electron chi connectivity index (χ4n) is 4.82. The third-order valence-corrected chi connectivity index (χ3v) is 10.1. The summed E-state index contributed by atoms with van der Waals surface area (Å²) in [7, 11) is -3.71. The number of nitrogens with zero attached hydrogens (tertiary/aromatic N) is 4. The van der Waals surface area contributed by atoms with Gasteiger partial charge in [-0.1, -0.05) is 49.4 Å². The summed E-state index contributed by atoms with van der Waals surface area (Å²) in [5.41, 5.74) is 3.18. The van der Waals surface area contributed by atoms with Crippen molar-refractivity contribution in [1.82, 2.24) is 14.2 Å². The Bertz CT molecular complexity index is 1590. The highest BCUT2D eigenvalue weighted by molar-refractivity contribution is 7.89. The van der Waals surface area contributed by atoms with Gasteiger partial charge in [0.1, 0.15) is 5.82 Å². The summed E-state index contributed by atoms with van der Waals surface area (Å²) in [5.74, 6) is -0.634. The molecule has 3 aromatic carbocycles. The minimum Gasteiger partial charge on any atom is -0.302 e. The van der Waals surface area contributed by atoms with Gasteiger partial charge in [-0.3, -0.25) is 9.69 Å². The molecule has 2 heterocycles. The van der Waals surface area contributed by atoms with Gasteiger partial charge in [-0.25, -0.2) is 17.8 Å². The van der Waals surface area contributed by atoms with Crippen LogP contribution in [0.5, 0.6) is 0 Å². The summed E-state index contributed by atoms with van der Waals surface area (Å²) in [6.45, 7) is 7.61. The highest BCUT2D eigenvalue weighted by Gasteiger charge is 2.29. The minimum absolute atomic E-state index is 0. The van der Waals surface area contributed by atoms with E-state index in [0.29, 0.717) is 53.5 Å². The minimum atomic E-state index is -3.71. The molecule has 0 bridgehead atoms. The number of carbonyl (C=O) groups is 1. The highest BCUT2D eigenvalue weighted by atomic mass is 35.5. The van der Waals surface area contributed by atoms with Gasteiger partial charge in [0.25, 0.3) is 5.91 Å². The van der Waals surface area contributed by atoms with Crippen LogP contribution in [0.15, 0.2) is 71.6 Å². The maximum absolute atomic E-state index is 13.8. The molecule has 1 aliphatic rings. The monoisotopic (exact) mass is 602 g/mol. The van der Waals surface area contributed by atoms with Gasteiger partial charge in [0.05, 0.1) is 15.1 Å². The first-order chi connectivity index (χ1) is 18.8. The summed E-state index contributed by atoms with van der Waals surface area (Å²) in [6, 6.07) is 18.4. The number of carbonyl (C=O) groups excluding carboxylic acids is 1. The summed E-state index contributed by atoms with van der Waals surface area (Å²) in [5, 5.41) is 0.483. The lowest BCUT2D eigenvalue weighted by Gasteiger charge is -2.28. The van der Waals surface area contributed by atoms with E-state index < -0.39 is 10.0 Å². The number of fused-ring (bicyclic) bond motifs is 2. The van der Waals surface area contributed by atoms with E-state index in [1.165, 1.54) is 45.5 Å². The molecular weight excluding hydrogens is 571 g/mol. The Hall–Kier alpha value is -2.89. The number of halogens is 2. The Kier molecular flexibility index (Phi) is 9.58. The molecule has 5 rings (SSSR count). The van der Waals surface area contributed by atoms with Crippen molar-refractivity contribution in [1.29, 1.82) is 0 Å². The molecular formula is C29H32ClFN4O3S2. The molecule has 0 fully saturated rings. The van der Waals surface area contributed by atoms with Crippen LogP contribution in [0.25, 0.3) is 10.2 Å². The predicted octanol–water partition coefficient (Wildman–Crippen LogP) is 5.59. The van der Waals surface area contributed by atoms with Crippen LogP contribution in [-0.2, 0) is 23.0 Å². The van der Waals surface area contributed by atoms with Crippen molar-refractivity contribution >= 4 is 55.0 Å². The van der Waals surface area contributed by atoms with Crippen molar-refractivity contribution in [2.45, 2.75) is 31.7 Å². The maximum Gasteiger partial charge on any atom is 0.260 e. The molecule has 1 aliphatic heterocycles. The fourth-order valence-corrected chi connectivity index (χ4v) is 7.25. The zero-order chi connectivity index (χ0) is 27.6. The zero-order valence-electron chi connectivity index (χ0n) is 22.4. The van der Waals surface area contributed by atoms with Gasteiger partial charge in [-0.15, -0.1) is 12.4 Å². The average Bonchev–Trinajstić information content (AvgIpc) is 3.37. The third-order valence-electron chi connectivity index (χ3n) is 7.18. The number of hydrogen-bond donors (Lipinski definition) is 0. The van der Waals surface area contributed by atoms with E-state index >= 15 is 0 Å².